The summed E-state index contributed by atoms with van der Waals surface area (Å²) >= 11 is 5.84. The first-order valence-corrected chi connectivity index (χ1v) is 6.83. The lowest BCUT2D eigenvalue weighted by molar-refractivity contribution is 0.461. The molecule has 1 aromatic heterocycles. The minimum atomic E-state index is 0.473. The molecule has 1 aromatic carbocycles. The summed E-state index contributed by atoms with van der Waals surface area (Å²) in [6.07, 6.45) is 5.09. The van der Waals surface area contributed by atoms with E-state index in [0.717, 1.165) is 5.82 Å². The maximum atomic E-state index is 5.84. The Kier molecular flexibility index (Phi) is 5.35. The van der Waals surface area contributed by atoms with Gasteiger partial charge >= 0.3 is 0 Å². The zero-order valence-corrected chi connectivity index (χ0v) is 12.3. The third-order valence-corrected chi connectivity index (χ3v) is 2.94. The van der Waals surface area contributed by atoms with Crippen molar-refractivity contribution in [3.05, 3.63) is 67.0 Å². The number of nitrogens with zero attached hydrogens (tertiary/aromatic N) is 3. The van der Waals surface area contributed by atoms with Crippen LogP contribution in [0.4, 0.5) is 5.82 Å². The molecule has 0 aliphatic carbocycles. The van der Waals surface area contributed by atoms with E-state index in [9.17, 15) is 0 Å². The van der Waals surface area contributed by atoms with E-state index in [1.807, 2.05) is 17.1 Å². The lowest BCUT2D eigenvalue weighted by Gasteiger charge is -2.20. The van der Waals surface area contributed by atoms with E-state index in [4.69, 9.17) is 16.3 Å². The molecule has 0 saturated carbocycles. The van der Waals surface area contributed by atoms with Crippen LogP contribution in [0.1, 0.15) is 0 Å². The van der Waals surface area contributed by atoms with Crippen LogP contribution < -0.4 is 9.64 Å². The minimum Gasteiger partial charge on any atom is -0.439 e. The number of rotatable bonds is 7. The maximum Gasteiger partial charge on any atom is 0.224 e. The van der Waals surface area contributed by atoms with Crippen molar-refractivity contribution < 1.29 is 4.74 Å². The Hall–Kier alpha value is -2.33. The van der Waals surface area contributed by atoms with Crippen LogP contribution in [-0.2, 0) is 0 Å². The molecule has 0 atom stereocenters. The first-order chi connectivity index (χ1) is 10.2. The molecule has 0 unspecified atom stereocenters. The number of halogens is 1. The van der Waals surface area contributed by atoms with Crippen LogP contribution in [0.5, 0.6) is 11.6 Å². The zero-order valence-electron chi connectivity index (χ0n) is 11.6. The molecule has 0 aliphatic rings. The molecule has 2 aromatic rings. The molecule has 0 radical (unpaired) electrons. The number of aromatic nitrogens is 2. The van der Waals surface area contributed by atoms with E-state index in [0.29, 0.717) is 29.7 Å². The molecule has 2 rings (SSSR count). The van der Waals surface area contributed by atoms with Gasteiger partial charge in [0.2, 0.25) is 5.88 Å². The van der Waals surface area contributed by atoms with Crippen molar-refractivity contribution in [1.29, 1.82) is 0 Å². The summed E-state index contributed by atoms with van der Waals surface area (Å²) in [6, 6.07) is 8.88. The number of anilines is 1. The molecule has 0 bridgehead atoms. The zero-order chi connectivity index (χ0) is 15.1. The molecule has 0 amide bonds. The highest BCUT2D eigenvalue weighted by atomic mass is 35.5. The predicted molar refractivity (Wildman–Crippen MR) is 86.2 cm³/mol. The Morgan fingerprint density at radius 2 is 1.76 bits per heavy atom. The maximum absolute atomic E-state index is 5.84. The highest BCUT2D eigenvalue weighted by molar-refractivity contribution is 6.30. The van der Waals surface area contributed by atoms with E-state index in [1.54, 1.807) is 30.3 Å². The topological polar surface area (TPSA) is 38.2 Å². The molecular weight excluding hydrogens is 286 g/mol. The fraction of sp³-hybridized carbons (Fsp3) is 0.125. The Morgan fingerprint density at radius 3 is 2.38 bits per heavy atom. The molecule has 0 N–H and O–H groups in total. The van der Waals surface area contributed by atoms with E-state index in [1.165, 1.54) is 6.33 Å². The quantitative estimate of drug-likeness (QED) is 0.722. The fourth-order valence-corrected chi connectivity index (χ4v) is 1.88. The standard InChI is InChI=1S/C16H16ClN3O/c1-3-9-20(10-4-2)15-11-16(19-12-18-15)21-14-7-5-13(17)6-8-14/h3-8,11-12H,1-2,9-10H2. The molecule has 21 heavy (non-hydrogen) atoms. The first kappa shape index (κ1) is 15.1. The second-order valence-electron chi connectivity index (χ2n) is 4.25. The van der Waals surface area contributed by atoms with Gasteiger partial charge in [0.05, 0.1) is 0 Å². The Morgan fingerprint density at radius 1 is 1.10 bits per heavy atom. The Labute approximate surface area is 129 Å². The second kappa shape index (κ2) is 7.45. The van der Waals surface area contributed by atoms with Gasteiger partial charge in [-0.2, -0.15) is 0 Å². The predicted octanol–water partition coefficient (Wildman–Crippen LogP) is 4.10. The molecule has 4 nitrogen and oxygen atoms in total. The van der Waals surface area contributed by atoms with Gasteiger partial charge < -0.3 is 9.64 Å². The third-order valence-electron chi connectivity index (χ3n) is 2.69. The summed E-state index contributed by atoms with van der Waals surface area (Å²) < 4.78 is 5.69. The average Bonchev–Trinajstić information content (AvgIpc) is 2.50. The average molecular weight is 302 g/mol. The summed E-state index contributed by atoms with van der Waals surface area (Å²) in [5, 5.41) is 0.661. The van der Waals surface area contributed by atoms with Gasteiger partial charge in [0.15, 0.2) is 0 Å². The van der Waals surface area contributed by atoms with Crippen molar-refractivity contribution in [2.75, 3.05) is 18.0 Å². The molecule has 0 spiro atoms. The van der Waals surface area contributed by atoms with E-state index >= 15 is 0 Å². The summed E-state index contributed by atoms with van der Waals surface area (Å²) in [6.45, 7) is 8.83. The van der Waals surface area contributed by atoms with Gasteiger partial charge in [-0.1, -0.05) is 23.8 Å². The molecule has 1 heterocycles. The number of benzene rings is 1. The highest BCUT2D eigenvalue weighted by Gasteiger charge is 2.07. The van der Waals surface area contributed by atoms with Crippen LogP contribution in [0.3, 0.4) is 0 Å². The smallest absolute Gasteiger partial charge is 0.224 e. The largest absolute Gasteiger partial charge is 0.439 e. The molecule has 0 fully saturated rings. The third kappa shape index (κ3) is 4.33. The second-order valence-corrected chi connectivity index (χ2v) is 4.69. The number of hydrogen-bond donors (Lipinski definition) is 0. The van der Waals surface area contributed by atoms with Gasteiger partial charge in [-0.15, -0.1) is 13.2 Å². The lowest BCUT2D eigenvalue weighted by Crippen LogP contribution is -2.24. The normalized spacial score (nSPS) is 9.95. The number of hydrogen-bond acceptors (Lipinski definition) is 4. The van der Waals surface area contributed by atoms with Gasteiger partial charge in [0, 0.05) is 24.2 Å². The van der Waals surface area contributed by atoms with Crippen molar-refractivity contribution in [3.8, 4) is 11.6 Å². The summed E-state index contributed by atoms with van der Waals surface area (Å²) in [4.78, 5) is 10.4. The molecule has 0 saturated heterocycles. The van der Waals surface area contributed by atoms with Gasteiger partial charge in [-0.25, -0.2) is 9.97 Å². The SMILES string of the molecule is C=CCN(CC=C)c1cc(Oc2ccc(Cl)cc2)ncn1. The van der Waals surface area contributed by atoms with Crippen molar-refractivity contribution in [2.45, 2.75) is 0 Å². The molecule has 108 valence electrons. The van der Waals surface area contributed by atoms with Crippen LogP contribution in [0.15, 0.2) is 62.0 Å². The van der Waals surface area contributed by atoms with E-state index in [-0.39, 0.29) is 0 Å². The number of ether oxygens (including phenoxy) is 1. The molecular formula is C16H16ClN3O. The van der Waals surface area contributed by atoms with Gasteiger partial charge in [0.25, 0.3) is 0 Å². The highest BCUT2D eigenvalue weighted by Crippen LogP contribution is 2.23. The lowest BCUT2D eigenvalue weighted by atomic mass is 10.3. The van der Waals surface area contributed by atoms with Crippen LogP contribution in [-0.4, -0.2) is 23.1 Å². The van der Waals surface area contributed by atoms with Crippen molar-refractivity contribution in [1.82, 2.24) is 9.97 Å². The monoisotopic (exact) mass is 301 g/mol. The van der Waals surface area contributed by atoms with E-state index in [2.05, 4.69) is 23.1 Å². The Bertz CT molecular complexity index is 603. The fourth-order valence-electron chi connectivity index (χ4n) is 1.76. The summed E-state index contributed by atoms with van der Waals surface area (Å²) in [7, 11) is 0. The van der Waals surface area contributed by atoms with Gasteiger partial charge in [-0.3, -0.25) is 0 Å². The van der Waals surface area contributed by atoms with Crippen molar-refractivity contribution >= 4 is 17.4 Å². The Balaban J connectivity index is 2.17. The minimum absolute atomic E-state index is 0.473. The van der Waals surface area contributed by atoms with Gasteiger partial charge in [0.1, 0.15) is 17.9 Å². The van der Waals surface area contributed by atoms with Crippen LogP contribution in [0.25, 0.3) is 0 Å². The van der Waals surface area contributed by atoms with Crippen LogP contribution >= 0.6 is 11.6 Å². The van der Waals surface area contributed by atoms with Gasteiger partial charge in [-0.05, 0) is 24.3 Å². The van der Waals surface area contributed by atoms with Crippen LogP contribution in [0, 0.1) is 0 Å². The van der Waals surface area contributed by atoms with Crippen molar-refractivity contribution in [3.63, 3.8) is 0 Å². The molecule has 5 heteroatoms. The van der Waals surface area contributed by atoms with E-state index < -0.39 is 0 Å². The summed E-state index contributed by atoms with van der Waals surface area (Å²) in [5.74, 6) is 1.90. The van der Waals surface area contributed by atoms with Crippen LogP contribution in [0.2, 0.25) is 5.02 Å². The van der Waals surface area contributed by atoms with Crippen molar-refractivity contribution in [2.24, 2.45) is 0 Å². The summed E-state index contributed by atoms with van der Waals surface area (Å²) in [5.41, 5.74) is 0. The first-order valence-electron chi connectivity index (χ1n) is 6.45. The molecule has 0 aliphatic heterocycles.